The third-order valence-corrected chi connectivity index (χ3v) is 4.86. The summed E-state index contributed by atoms with van der Waals surface area (Å²) in [6.07, 6.45) is 9.82. The lowest BCUT2D eigenvalue weighted by atomic mass is 9.79. The van der Waals surface area contributed by atoms with Crippen LogP contribution in [-0.2, 0) is 0 Å². The maximum absolute atomic E-state index is 3.86. The molecule has 1 aliphatic carbocycles. The molecule has 2 rings (SSSR count). The van der Waals surface area contributed by atoms with E-state index in [1.165, 1.54) is 58.0 Å². The van der Waals surface area contributed by atoms with Gasteiger partial charge in [-0.3, -0.25) is 0 Å². The van der Waals surface area contributed by atoms with E-state index < -0.39 is 0 Å². The fraction of sp³-hybridized carbons (Fsp3) is 1.00. The zero-order valence-corrected chi connectivity index (χ0v) is 11.7. The van der Waals surface area contributed by atoms with Gasteiger partial charge >= 0.3 is 0 Å². The van der Waals surface area contributed by atoms with E-state index in [9.17, 15) is 0 Å². The molecular weight excluding hydrogens is 208 g/mol. The average molecular weight is 238 g/mol. The van der Waals surface area contributed by atoms with Gasteiger partial charge in [-0.1, -0.05) is 33.1 Å². The van der Waals surface area contributed by atoms with Gasteiger partial charge in [0.05, 0.1) is 0 Å². The van der Waals surface area contributed by atoms with Crippen molar-refractivity contribution >= 4 is 0 Å². The van der Waals surface area contributed by atoms with E-state index >= 15 is 0 Å². The molecule has 1 heterocycles. The Morgan fingerprint density at radius 3 is 2.71 bits per heavy atom. The standard InChI is InChI=1S/C15H30N2/c1-3-12(2)11-17-15-8-5-4-7-13(15)14-9-6-10-16-14/h12-17H,3-11H2,1-2H3. The van der Waals surface area contributed by atoms with Crippen molar-refractivity contribution in [3.8, 4) is 0 Å². The normalized spacial score (nSPS) is 36.0. The van der Waals surface area contributed by atoms with Crippen LogP contribution in [0, 0.1) is 11.8 Å². The molecule has 2 nitrogen and oxygen atoms in total. The van der Waals surface area contributed by atoms with E-state index in [1.807, 2.05) is 0 Å². The van der Waals surface area contributed by atoms with Crippen LogP contribution >= 0.6 is 0 Å². The zero-order chi connectivity index (χ0) is 12.1. The van der Waals surface area contributed by atoms with Crippen molar-refractivity contribution in [2.24, 2.45) is 11.8 Å². The molecule has 0 bridgehead atoms. The SMILES string of the molecule is CCC(C)CNC1CCCCC1C1CCCN1. The molecule has 2 N–H and O–H groups in total. The van der Waals surface area contributed by atoms with Crippen LogP contribution in [0.1, 0.15) is 58.8 Å². The number of nitrogens with one attached hydrogen (secondary N) is 2. The predicted octanol–water partition coefficient (Wildman–Crippen LogP) is 2.93. The third-order valence-electron chi connectivity index (χ3n) is 4.86. The van der Waals surface area contributed by atoms with Crippen molar-refractivity contribution in [2.75, 3.05) is 13.1 Å². The van der Waals surface area contributed by atoms with Crippen molar-refractivity contribution in [3.63, 3.8) is 0 Å². The maximum atomic E-state index is 3.86. The van der Waals surface area contributed by atoms with Gasteiger partial charge in [-0.05, 0) is 50.6 Å². The summed E-state index contributed by atoms with van der Waals surface area (Å²) in [5, 5.41) is 7.58. The van der Waals surface area contributed by atoms with Crippen molar-refractivity contribution < 1.29 is 0 Å². The molecule has 0 radical (unpaired) electrons. The van der Waals surface area contributed by atoms with Crippen LogP contribution in [0.25, 0.3) is 0 Å². The van der Waals surface area contributed by atoms with E-state index in [-0.39, 0.29) is 0 Å². The lowest BCUT2D eigenvalue weighted by Gasteiger charge is -2.37. The number of hydrogen-bond acceptors (Lipinski definition) is 2. The van der Waals surface area contributed by atoms with Gasteiger partial charge in [0.15, 0.2) is 0 Å². The van der Waals surface area contributed by atoms with Gasteiger partial charge in [0.1, 0.15) is 0 Å². The second kappa shape index (κ2) is 6.75. The Labute approximate surface area is 107 Å². The molecule has 0 aromatic heterocycles. The molecule has 100 valence electrons. The minimum absolute atomic E-state index is 0.786. The van der Waals surface area contributed by atoms with Crippen molar-refractivity contribution in [2.45, 2.75) is 70.9 Å². The van der Waals surface area contributed by atoms with E-state index in [1.54, 1.807) is 0 Å². The van der Waals surface area contributed by atoms with Crippen molar-refractivity contribution in [1.29, 1.82) is 0 Å². The lowest BCUT2D eigenvalue weighted by Crippen LogP contribution is -2.47. The highest BCUT2D eigenvalue weighted by molar-refractivity contribution is 4.91. The van der Waals surface area contributed by atoms with Crippen LogP contribution < -0.4 is 10.6 Å². The topological polar surface area (TPSA) is 24.1 Å². The van der Waals surface area contributed by atoms with E-state index in [2.05, 4.69) is 24.5 Å². The van der Waals surface area contributed by atoms with Gasteiger partial charge in [0, 0.05) is 12.1 Å². The first-order valence-electron chi connectivity index (χ1n) is 7.78. The molecule has 0 aromatic carbocycles. The number of rotatable bonds is 5. The smallest absolute Gasteiger partial charge is 0.0111 e. The van der Waals surface area contributed by atoms with Crippen LogP contribution in [0.15, 0.2) is 0 Å². The molecule has 2 fully saturated rings. The molecule has 2 aliphatic rings. The van der Waals surface area contributed by atoms with Gasteiger partial charge in [-0.15, -0.1) is 0 Å². The monoisotopic (exact) mass is 238 g/mol. The van der Waals surface area contributed by atoms with Gasteiger partial charge in [-0.2, -0.15) is 0 Å². The summed E-state index contributed by atoms with van der Waals surface area (Å²) in [5.74, 6) is 1.73. The molecule has 0 spiro atoms. The Morgan fingerprint density at radius 2 is 2.00 bits per heavy atom. The predicted molar refractivity (Wildman–Crippen MR) is 74.2 cm³/mol. The summed E-state index contributed by atoms with van der Waals surface area (Å²) in [4.78, 5) is 0. The molecule has 2 heteroatoms. The molecule has 0 amide bonds. The average Bonchev–Trinajstić information content (AvgIpc) is 2.90. The lowest BCUT2D eigenvalue weighted by molar-refractivity contribution is 0.209. The molecular formula is C15H30N2. The quantitative estimate of drug-likeness (QED) is 0.769. The van der Waals surface area contributed by atoms with Gasteiger partial charge < -0.3 is 10.6 Å². The van der Waals surface area contributed by atoms with Crippen molar-refractivity contribution in [3.05, 3.63) is 0 Å². The number of hydrogen-bond donors (Lipinski definition) is 2. The summed E-state index contributed by atoms with van der Waals surface area (Å²) < 4.78 is 0. The minimum atomic E-state index is 0.786. The largest absolute Gasteiger partial charge is 0.314 e. The molecule has 4 unspecified atom stereocenters. The summed E-state index contributed by atoms with van der Waals surface area (Å²) in [6, 6.07) is 1.60. The fourth-order valence-corrected chi connectivity index (χ4v) is 3.47. The summed E-state index contributed by atoms with van der Waals surface area (Å²) in [5.41, 5.74) is 0. The van der Waals surface area contributed by atoms with Crippen LogP contribution in [-0.4, -0.2) is 25.2 Å². The van der Waals surface area contributed by atoms with E-state index in [0.29, 0.717) is 0 Å². The van der Waals surface area contributed by atoms with Crippen LogP contribution in [0.4, 0.5) is 0 Å². The Bertz CT molecular complexity index is 211. The first-order chi connectivity index (χ1) is 8.31. The third kappa shape index (κ3) is 3.69. The first kappa shape index (κ1) is 13.4. The fourth-order valence-electron chi connectivity index (χ4n) is 3.47. The zero-order valence-electron chi connectivity index (χ0n) is 11.7. The van der Waals surface area contributed by atoms with Crippen molar-refractivity contribution in [1.82, 2.24) is 10.6 Å². The molecule has 4 atom stereocenters. The first-order valence-corrected chi connectivity index (χ1v) is 7.78. The van der Waals surface area contributed by atoms with Gasteiger partial charge in [0.2, 0.25) is 0 Å². The second-order valence-electron chi connectivity index (χ2n) is 6.18. The second-order valence-corrected chi connectivity index (χ2v) is 6.18. The molecule has 0 aromatic rings. The Balaban J connectivity index is 1.83. The highest BCUT2D eigenvalue weighted by Crippen LogP contribution is 2.30. The Morgan fingerprint density at radius 1 is 1.18 bits per heavy atom. The van der Waals surface area contributed by atoms with E-state index in [4.69, 9.17) is 0 Å². The van der Waals surface area contributed by atoms with Gasteiger partial charge in [0.25, 0.3) is 0 Å². The molecule has 1 aliphatic heterocycles. The van der Waals surface area contributed by atoms with Crippen LogP contribution in [0.5, 0.6) is 0 Å². The summed E-state index contributed by atoms with van der Waals surface area (Å²) in [6.45, 7) is 7.12. The molecule has 17 heavy (non-hydrogen) atoms. The summed E-state index contributed by atoms with van der Waals surface area (Å²) >= 11 is 0. The van der Waals surface area contributed by atoms with E-state index in [0.717, 1.165) is 23.9 Å². The Kier molecular flexibility index (Phi) is 5.30. The highest BCUT2D eigenvalue weighted by Gasteiger charge is 2.32. The molecule has 1 saturated carbocycles. The minimum Gasteiger partial charge on any atom is -0.314 e. The van der Waals surface area contributed by atoms with Gasteiger partial charge in [-0.25, -0.2) is 0 Å². The molecule has 1 saturated heterocycles. The highest BCUT2D eigenvalue weighted by atomic mass is 15.0. The Hall–Kier alpha value is -0.0800. The maximum Gasteiger partial charge on any atom is 0.0111 e. The summed E-state index contributed by atoms with van der Waals surface area (Å²) in [7, 11) is 0. The van der Waals surface area contributed by atoms with Crippen LogP contribution in [0.3, 0.4) is 0 Å². The van der Waals surface area contributed by atoms with Crippen LogP contribution in [0.2, 0.25) is 0 Å².